The molecule has 0 spiro atoms. The van der Waals surface area contributed by atoms with Crippen molar-refractivity contribution in [2.24, 2.45) is 5.92 Å². The zero-order valence-electron chi connectivity index (χ0n) is 25.9. The van der Waals surface area contributed by atoms with Crippen LogP contribution < -0.4 is 15.0 Å². The Bertz CT molecular complexity index is 1520. The largest absolute Gasteiger partial charge is 0.496 e. The average molecular weight is 606 g/mol. The smallest absolute Gasteiger partial charge is 0.261 e. The summed E-state index contributed by atoms with van der Waals surface area (Å²) in [6.07, 6.45) is 3.03. The van der Waals surface area contributed by atoms with Crippen LogP contribution in [0.15, 0.2) is 72.8 Å². The number of anilines is 1. The van der Waals surface area contributed by atoms with E-state index in [-0.39, 0.29) is 23.4 Å². The molecule has 1 amide bonds. The Morgan fingerprint density at radius 2 is 1.49 bits per heavy atom. The Hall–Kier alpha value is -3.24. The normalized spacial score (nSPS) is 25.7. The van der Waals surface area contributed by atoms with Gasteiger partial charge in [-0.05, 0) is 62.4 Å². The number of likely N-dealkylation sites (N-methyl/N-ethyl adjacent to an activating group) is 2. The van der Waals surface area contributed by atoms with Gasteiger partial charge in [0.2, 0.25) is 5.91 Å². The number of nitrogens with one attached hydrogen (secondary N) is 1. The molecule has 3 fully saturated rings. The van der Waals surface area contributed by atoms with Crippen LogP contribution in [0.4, 0.5) is 5.69 Å². The maximum Gasteiger partial charge on any atom is 0.261 e. The number of hydrogen-bond acceptors (Lipinski definition) is 6. The predicted octanol–water partition coefficient (Wildman–Crippen LogP) is 5.01. The van der Waals surface area contributed by atoms with Crippen molar-refractivity contribution in [3.63, 3.8) is 0 Å². The third-order valence-corrected chi connectivity index (χ3v) is 9.67. The number of ether oxygens (including phenoxy) is 1. The van der Waals surface area contributed by atoms with Crippen LogP contribution in [-0.4, -0.2) is 70.0 Å². The van der Waals surface area contributed by atoms with Gasteiger partial charge in [-0.15, -0.1) is 0 Å². The van der Waals surface area contributed by atoms with Gasteiger partial charge in [0.1, 0.15) is 5.75 Å². The number of piperidine rings is 3. The quantitative estimate of drug-likeness (QED) is 0.381. The number of methoxy groups -OCH3 is 1. The Labute approximate surface area is 255 Å². The monoisotopic (exact) mass is 605 g/mol. The second kappa shape index (κ2) is 11.7. The molecule has 4 heterocycles. The van der Waals surface area contributed by atoms with E-state index < -0.39 is 15.5 Å². The Morgan fingerprint density at radius 1 is 0.977 bits per heavy atom. The molecule has 0 saturated carbocycles. The van der Waals surface area contributed by atoms with E-state index in [1.165, 1.54) is 16.7 Å². The molecule has 3 saturated heterocycles. The van der Waals surface area contributed by atoms with Crippen LogP contribution in [0.5, 0.6) is 5.75 Å². The minimum absolute atomic E-state index is 0.110. The van der Waals surface area contributed by atoms with E-state index in [0.717, 1.165) is 42.9 Å². The molecule has 230 valence electrons. The van der Waals surface area contributed by atoms with Gasteiger partial charge in [-0.1, -0.05) is 60.7 Å². The summed E-state index contributed by atoms with van der Waals surface area (Å²) in [5.74, 6) is 1.80. The summed E-state index contributed by atoms with van der Waals surface area (Å²) in [7, 11) is 2.11. The summed E-state index contributed by atoms with van der Waals surface area (Å²) in [6.45, 7) is 6.23. The van der Waals surface area contributed by atoms with E-state index in [0.29, 0.717) is 12.2 Å². The topological polar surface area (TPSA) is 99.2 Å². The van der Waals surface area contributed by atoms with E-state index in [9.17, 15) is 13.2 Å². The summed E-state index contributed by atoms with van der Waals surface area (Å²) < 4.78 is 32.0. The molecule has 0 unspecified atom stereocenters. The van der Waals surface area contributed by atoms with Crippen LogP contribution in [-0.2, 0) is 20.3 Å². The van der Waals surface area contributed by atoms with Crippen LogP contribution in [0.25, 0.3) is 0 Å². The maximum atomic E-state index is 13.2. The molecule has 2 atom stereocenters. The highest BCUT2D eigenvalue weighted by Crippen LogP contribution is 2.58. The van der Waals surface area contributed by atoms with Gasteiger partial charge in [0.05, 0.1) is 30.1 Å². The fraction of sp³-hybridized carbons (Fsp3) is 0.441. The lowest BCUT2D eigenvalue weighted by Gasteiger charge is -2.62. The van der Waals surface area contributed by atoms with Crippen molar-refractivity contribution in [1.82, 2.24) is 10.2 Å². The average Bonchev–Trinajstić information content (AvgIpc) is 3.16. The standard InChI is InChI=1S/C33H39N3O2.CH4O3S/c1-32(2)26-20-25(28(38-5)21-27(26)35(4)31(32)37)30-24-16-18-36(19-17-24)33(30,34-3)29(22-12-8-6-9-13-22)23-14-10-7-11-15-23;1-5(2,3)4/h6-15,20-21,24,29-30,34H,16-19H2,1-5H3;1H3,(H,2,3,4)/t30-,33+;/m0./s1. The number of fused-ring (bicyclic) bond motifs is 4. The number of hydrogen-bond donors (Lipinski definition) is 2. The van der Waals surface area contributed by atoms with Crippen molar-refractivity contribution in [3.8, 4) is 5.75 Å². The molecule has 4 aliphatic heterocycles. The van der Waals surface area contributed by atoms with Crippen LogP contribution in [0.1, 0.15) is 60.8 Å². The summed E-state index contributed by atoms with van der Waals surface area (Å²) >= 11 is 0. The highest BCUT2D eigenvalue weighted by Gasteiger charge is 2.59. The summed E-state index contributed by atoms with van der Waals surface area (Å²) in [5, 5.41) is 3.94. The number of nitrogens with zero attached hydrogens (tertiary/aromatic N) is 2. The molecule has 4 aliphatic rings. The SMILES string of the molecule is CN[C@@]1(C(c2ccccc2)c2ccccc2)[C@H](c2cc3c(cc2OC)N(C)C(=O)C3(C)C)C2CCN1CC2.CS(=O)(=O)O. The number of amides is 1. The lowest BCUT2D eigenvalue weighted by molar-refractivity contribution is -0.121. The first kappa shape index (κ1) is 31.2. The first-order chi connectivity index (χ1) is 20.3. The third kappa shape index (κ3) is 5.48. The van der Waals surface area contributed by atoms with E-state index in [2.05, 4.69) is 90.1 Å². The second-order valence-electron chi connectivity index (χ2n) is 12.5. The fourth-order valence-electron chi connectivity index (χ4n) is 7.89. The summed E-state index contributed by atoms with van der Waals surface area (Å²) in [6, 6.07) is 26.3. The summed E-state index contributed by atoms with van der Waals surface area (Å²) in [4.78, 5) is 17.7. The van der Waals surface area contributed by atoms with Gasteiger partial charge < -0.3 is 15.0 Å². The molecule has 0 aromatic heterocycles. The lowest BCUT2D eigenvalue weighted by atomic mass is 9.60. The Balaban J connectivity index is 0.000000682. The molecule has 3 aromatic carbocycles. The molecule has 9 heteroatoms. The predicted molar refractivity (Wildman–Crippen MR) is 170 cm³/mol. The van der Waals surface area contributed by atoms with Crippen LogP contribution in [0.3, 0.4) is 0 Å². The number of benzene rings is 3. The van der Waals surface area contributed by atoms with Gasteiger partial charge in [-0.25, -0.2) is 0 Å². The number of carbonyl (C=O) groups is 1. The van der Waals surface area contributed by atoms with Crippen LogP contribution in [0, 0.1) is 5.92 Å². The highest BCUT2D eigenvalue weighted by atomic mass is 32.2. The van der Waals surface area contributed by atoms with Crippen molar-refractivity contribution >= 4 is 21.7 Å². The second-order valence-corrected chi connectivity index (χ2v) is 13.9. The molecule has 2 N–H and O–H groups in total. The van der Waals surface area contributed by atoms with Crippen LogP contribution >= 0.6 is 0 Å². The number of carbonyl (C=O) groups excluding carboxylic acids is 1. The van der Waals surface area contributed by atoms with Crippen molar-refractivity contribution in [2.75, 3.05) is 45.5 Å². The van der Waals surface area contributed by atoms with Gasteiger partial charge in [-0.3, -0.25) is 14.2 Å². The zero-order valence-corrected chi connectivity index (χ0v) is 26.7. The maximum absolute atomic E-state index is 13.2. The molecule has 7 rings (SSSR count). The Morgan fingerprint density at radius 3 is 1.95 bits per heavy atom. The van der Waals surface area contributed by atoms with Crippen molar-refractivity contribution < 1.29 is 22.5 Å². The van der Waals surface area contributed by atoms with E-state index in [4.69, 9.17) is 9.29 Å². The first-order valence-corrected chi connectivity index (χ1v) is 16.7. The molecular formula is C34H43N3O5S. The molecule has 3 aromatic rings. The molecule has 8 nitrogen and oxygen atoms in total. The van der Waals surface area contributed by atoms with Gasteiger partial charge >= 0.3 is 0 Å². The van der Waals surface area contributed by atoms with Crippen molar-refractivity contribution in [1.29, 1.82) is 0 Å². The molecule has 2 bridgehead atoms. The van der Waals surface area contributed by atoms with Crippen molar-refractivity contribution in [2.45, 2.75) is 49.6 Å². The van der Waals surface area contributed by atoms with Gasteiger partial charge in [0, 0.05) is 43.6 Å². The molecule has 43 heavy (non-hydrogen) atoms. The van der Waals surface area contributed by atoms with Gasteiger partial charge in [-0.2, -0.15) is 8.42 Å². The zero-order chi connectivity index (χ0) is 31.2. The lowest BCUT2D eigenvalue weighted by Crippen LogP contribution is -2.71. The fourth-order valence-corrected chi connectivity index (χ4v) is 7.89. The minimum atomic E-state index is -3.67. The molecule has 0 aliphatic carbocycles. The molecule has 0 radical (unpaired) electrons. The van der Waals surface area contributed by atoms with Gasteiger partial charge in [0.25, 0.3) is 10.1 Å². The molecular weight excluding hydrogens is 562 g/mol. The Kier molecular flexibility index (Phi) is 8.48. The van der Waals surface area contributed by atoms with E-state index >= 15 is 0 Å². The van der Waals surface area contributed by atoms with E-state index in [1.807, 2.05) is 20.9 Å². The van der Waals surface area contributed by atoms with E-state index in [1.54, 1.807) is 12.0 Å². The number of rotatable bonds is 6. The summed E-state index contributed by atoms with van der Waals surface area (Å²) in [5.41, 5.74) is 4.95. The van der Waals surface area contributed by atoms with Crippen molar-refractivity contribution in [3.05, 3.63) is 95.1 Å². The van der Waals surface area contributed by atoms with Crippen LogP contribution in [0.2, 0.25) is 0 Å². The van der Waals surface area contributed by atoms with Gasteiger partial charge in [0.15, 0.2) is 0 Å². The third-order valence-electron chi connectivity index (χ3n) is 9.67. The highest BCUT2D eigenvalue weighted by molar-refractivity contribution is 7.85. The minimum Gasteiger partial charge on any atom is -0.496 e. The first-order valence-electron chi connectivity index (χ1n) is 14.8.